The second-order valence-electron chi connectivity index (χ2n) is 15.4. The summed E-state index contributed by atoms with van der Waals surface area (Å²) >= 11 is 0. The lowest BCUT2D eigenvalue weighted by molar-refractivity contribution is -0.154. The van der Waals surface area contributed by atoms with Crippen LogP contribution in [0.1, 0.15) is 88.0 Å². The van der Waals surface area contributed by atoms with Crippen molar-refractivity contribution >= 4 is 35.4 Å². The number of carbonyl (C=O) groups is 6. The molecule has 5 atom stereocenters. The van der Waals surface area contributed by atoms with Crippen molar-refractivity contribution in [2.75, 3.05) is 13.1 Å². The van der Waals surface area contributed by atoms with Gasteiger partial charge in [0.25, 0.3) is 5.91 Å². The van der Waals surface area contributed by atoms with Gasteiger partial charge in [0.1, 0.15) is 23.5 Å². The van der Waals surface area contributed by atoms with Crippen LogP contribution >= 0.6 is 0 Å². The molecule has 1 aliphatic carbocycles. The van der Waals surface area contributed by atoms with Crippen LogP contribution in [0.2, 0.25) is 0 Å². The minimum Gasteiger partial charge on any atom is -0.444 e. The number of piperidine rings is 1. The summed E-state index contributed by atoms with van der Waals surface area (Å²) in [5.74, 6) is -7.55. The van der Waals surface area contributed by atoms with E-state index in [9.17, 15) is 39.0 Å². The van der Waals surface area contributed by atoms with Crippen molar-refractivity contribution in [1.82, 2.24) is 20.9 Å². The highest BCUT2D eigenvalue weighted by Crippen LogP contribution is 2.57. The Hall–Kier alpha value is -3.32. The van der Waals surface area contributed by atoms with E-state index in [4.69, 9.17) is 4.74 Å². The van der Waals surface area contributed by atoms with Gasteiger partial charge in [-0.1, -0.05) is 47.6 Å². The summed E-state index contributed by atoms with van der Waals surface area (Å²) in [6, 6.07) is -3.84. The predicted molar refractivity (Wildman–Crippen MR) is 165 cm³/mol. The second-order valence-corrected chi connectivity index (χ2v) is 15.4. The SMILES string of the molecule is C=CCC[C@@H](NC(=O)C1C2C(CN1C(=O)C(NC(=O)OC(C)(C)C)C(C)(C)C)C2(O)O)C(=O)C(=O)NCCC(=O)CC(C)(C)C. The van der Waals surface area contributed by atoms with Gasteiger partial charge in [-0.2, -0.15) is 0 Å². The number of ketones is 2. The topological polar surface area (TPSA) is 191 Å². The molecule has 13 nitrogen and oxygen atoms in total. The lowest BCUT2D eigenvalue weighted by Gasteiger charge is -2.37. The van der Waals surface area contributed by atoms with Crippen LogP contribution in [0.3, 0.4) is 0 Å². The Bertz CT molecular complexity index is 1180. The van der Waals surface area contributed by atoms with E-state index < -0.39 is 76.4 Å². The normalized spacial score (nSPS) is 21.9. The molecule has 1 heterocycles. The first-order chi connectivity index (χ1) is 20.4. The molecule has 0 aromatic heterocycles. The Labute approximate surface area is 265 Å². The molecule has 5 N–H and O–H groups in total. The summed E-state index contributed by atoms with van der Waals surface area (Å²) < 4.78 is 5.33. The van der Waals surface area contributed by atoms with Crippen LogP contribution < -0.4 is 16.0 Å². The third kappa shape index (κ3) is 10.4. The van der Waals surface area contributed by atoms with Gasteiger partial charge in [0.2, 0.25) is 17.6 Å². The molecule has 13 heteroatoms. The number of nitrogens with one attached hydrogen (secondary N) is 3. The fraction of sp³-hybridized carbons (Fsp3) is 0.750. The smallest absolute Gasteiger partial charge is 0.408 e. The zero-order chi connectivity index (χ0) is 34.7. The Balaban J connectivity index is 2.23. The number of amides is 4. The fourth-order valence-electron chi connectivity index (χ4n) is 5.50. The number of fused-ring (bicyclic) bond motifs is 1. The summed E-state index contributed by atoms with van der Waals surface area (Å²) in [5, 5.41) is 28.5. The van der Waals surface area contributed by atoms with Crippen molar-refractivity contribution in [3.8, 4) is 0 Å². The van der Waals surface area contributed by atoms with Crippen LogP contribution in [0.5, 0.6) is 0 Å². The number of aliphatic hydroxyl groups is 2. The van der Waals surface area contributed by atoms with Crippen molar-refractivity contribution in [3.05, 3.63) is 12.7 Å². The van der Waals surface area contributed by atoms with Crippen molar-refractivity contribution in [2.24, 2.45) is 22.7 Å². The van der Waals surface area contributed by atoms with Gasteiger partial charge in [-0.25, -0.2) is 4.79 Å². The van der Waals surface area contributed by atoms with Gasteiger partial charge in [0, 0.05) is 31.8 Å². The second kappa shape index (κ2) is 14.0. The third-order valence-corrected chi connectivity index (χ3v) is 7.69. The molecule has 0 bridgehead atoms. The molecule has 254 valence electrons. The fourth-order valence-corrected chi connectivity index (χ4v) is 5.50. The largest absolute Gasteiger partial charge is 0.444 e. The molecule has 0 radical (unpaired) electrons. The first kappa shape index (κ1) is 37.9. The Morgan fingerprint density at radius 2 is 1.60 bits per heavy atom. The summed E-state index contributed by atoms with van der Waals surface area (Å²) in [7, 11) is 0. The average Bonchev–Trinajstić information content (AvgIpc) is 3.19. The Morgan fingerprint density at radius 3 is 2.11 bits per heavy atom. The summed E-state index contributed by atoms with van der Waals surface area (Å²) in [4.78, 5) is 79.4. The van der Waals surface area contributed by atoms with E-state index in [1.54, 1.807) is 41.5 Å². The molecular weight excluding hydrogens is 584 g/mol. The van der Waals surface area contributed by atoms with Gasteiger partial charge in [0.05, 0.1) is 12.0 Å². The van der Waals surface area contributed by atoms with Gasteiger partial charge in [0.15, 0.2) is 5.79 Å². The van der Waals surface area contributed by atoms with E-state index in [1.165, 1.54) is 11.0 Å². The maximum atomic E-state index is 13.9. The van der Waals surface area contributed by atoms with E-state index in [0.717, 1.165) is 0 Å². The number of likely N-dealkylation sites (tertiary alicyclic amines) is 1. The van der Waals surface area contributed by atoms with Crippen LogP contribution in [-0.2, 0) is 28.7 Å². The Morgan fingerprint density at radius 1 is 1.00 bits per heavy atom. The third-order valence-electron chi connectivity index (χ3n) is 7.69. The summed E-state index contributed by atoms with van der Waals surface area (Å²) in [5.41, 5.74) is -1.87. The highest BCUT2D eigenvalue weighted by atomic mass is 16.6. The van der Waals surface area contributed by atoms with E-state index in [0.29, 0.717) is 6.42 Å². The molecule has 0 spiro atoms. The minimum atomic E-state index is -2.20. The Kier molecular flexibility index (Phi) is 11.8. The van der Waals surface area contributed by atoms with Crippen LogP contribution in [0.4, 0.5) is 4.79 Å². The summed E-state index contributed by atoms with van der Waals surface area (Å²) in [6.45, 7) is 19.3. The number of carbonyl (C=O) groups excluding carboxylic acids is 6. The van der Waals surface area contributed by atoms with Crippen molar-refractivity contribution < 1.29 is 43.7 Å². The van der Waals surface area contributed by atoms with Gasteiger partial charge in [-0.3, -0.25) is 24.0 Å². The first-order valence-corrected chi connectivity index (χ1v) is 15.4. The molecule has 1 saturated heterocycles. The quantitative estimate of drug-likeness (QED) is 0.113. The number of hydrogen-bond acceptors (Lipinski definition) is 9. The van der Waals surface area contributed by atoms with Crippen molar-refractivity contribution in [3.63, 3.8) is 0 Å². The molecule has 4 amide bonds. The molecule has 45 heavy (non-hydrogen) atoms. The predicted octanol–water partition coefficient (Wildman–Crippen LogP) is 1.60. The number of Topliss-reactive ketones (excluding diaryl/α,β-unsaturated/α-hetero) is 2. The van der Waals surface area contributed by atoms with Crippen LogP contribution in [0.25, 0.3) is 0 Å². The van der Waals surface area contributed by atoms with Crippen LogP contribution in [-0.4, -0.2) is 93.1 Å². The van der Waals surface area contributed by atoms with E-state index in [1.807, 2.05) is 20.8 Å². The average molecular weight is 637 g/mol. The van der Waals surface area contributed by atoms with Gasteiger partial charge in [-0.05, 0) is 44.4 Å². The molecule has 2 aliphatic rings. The zero-order valence-corrected chi connectivity index (χ0v) is 28.1. The van der Waals surface area contributed by atoms with Gasteiger partial charge >= 0.3 is 6.09 Å². The first-order valence-electron chi connectivity index (χ1n) is 15.4. The highest BCUT2D eigenvalue weighted by molar-refractivity contribution is 6.38. The molecule has 2 fully saturated rings. The van der Waals surface area contributed by atoms with E-state index >= 15 is 0 Å². The molecule has 4 unspecified atom stereocenters. The number of alkyl carbamates (subject to hydrolysis) is 1. The molecule has 1 aliphatic heterocycles. The lowest BCUT2D eigenvalue weighted by atomic mass is 9.85. The van der Waals surface area contributed by atoms with E-state index in [-0.39, 0.29) is 43.6 Å². The molecule has 0 aromatic carbocycles. The van der Waals surface area contributed by atoms with Crippen molar-refractivity contribution in [1.29, 1.82) is 0 Å². The van der Waals surface area contributed by atoms with Gasteiger partial charge < -0.3 is 35.8 Å². The number of hydrogen-bond donors (Lipinski definition) is 5. The maximum Gasteiger partial charge on any atom is 0.408 e. The van der Waals surface area contributed by atoms with Crippen molar-refractivity contribution in [2.45, 2.75) is 118 Å². The molecular formula is C32H52N4O9. The van der Waals surface area contributed by atoms with Crippen LogP contribution in [0, 0.1) is 22.7 Å². The molecule has 0 aromatic rings. The number of allylic oxidation sites excluding steroid dienone is 1. The standard InChI is InChI=1S/C32H52N4O9/c1-11-12-13-20(23(38)26(40)33-15-14-18(37)16-29(2,3)4)34-25(39)22-21-19(32(21,43)44)17-36(22)27(41)24(30(5,6)7)35-28(42)45-31(8,9)10/h11,19-22,24,43-44H,1,12-17H2,2-10H3,(H,33,40)(H,34,39)(H,35,42)/t19?,20-,21?,22?,24?/m1/s1. The number of rotatable bonds is 13. The van der Waals surface area contributed by atoms with E-state index in [2.05, 4.69) is 22.5 Å². The zero-order valence-electron chi connectivity index (χ0n) is 28.1. The van der Waals surface area contributed by atoms with Gasteiger partial charge in [-0.15, -0.1) is 6.58 Å². The minimum absolute atomic E-state index is 0.0212. The van der Waals surface area contributed by atoms with Crippen LogP contribution in [0.15, 0.2) is 12.7 Å². The lowest BCUT2D eigenvalue weighted by Crippen LogP contribution is -2.61. The number of ether oxygens (including phenoxy) is 1. The number of nitrogens with zero attached hydrogens (tertiary/aromatic N) is 1. The monoisotopic (exact) mass is 636 g/mol. The molecule has 1 saturated carbocycles. The maximum absolute atomic E-state index is 13.9. The summed E-state index contributed by atoms with van der Waals surface area (Å²) in [6.07, 6.45) is 1.33. The highest BCUT2D eigenvalue weighted by Gasteiger charge is 2.74. The molecule has 2 rings (SSSR count).